The fourth-order valence-corrected chi connectivity index (χ4v) is 3.64. The lowest BCUT2D eigenvalue weighted by Gasteiger charge is -2.22. The van der Waals surface area contributed by atoms with Gasteiger partial charge in [-0.15, -0.1) is 0 Å². The lowest BCUT2D eigenvalue weighted by molar-refractivity contribution is -0.191. The molecule has 1 aliphatic rings. The lowest BCUT2D eigenvalue weighted by atomic mass is 9.99. The van der Waals surface area contributed by atoms with Crippen molar-refractivity contribution < 1.29 is 19.6 Å². The molecule has 1 unspecified atom stereocenters. The Bertz CT molecular complexity index is 1260. The molecule has 0 spiro atoms. The molecule has 4 aromatic rings. The SMILES string of the molecule is Oc1ccccc1-c1cc(CON2N=C(c3cccnc3)CC2c2ccccc2O)no1. The van der Waals surface area contributed by atoms with Gasteiger partial charge < -0.3 is 14.7 Å². The molecule has 0 fully saturated rings. The predicted octanol–water partition coefficient (Wildman–Crippen LogP) is 4.43. The first kappa shape index (κ1) is 19.8. The summed E-state index contributed by atoms with van der Waals surface area (Å²) in [6, 6.07) is 19.2. The Hall–Kier alpha value is -4.17. The fraction of sp³-hybridized carbons (Fsp3) is 0.125. The monoisotopic (exact) mass is 428 g/mol. The van der Waals surface area contributed by atoms with Crippen LogP contribution in [0.5, 0.6) is 11.5 Å². The van der Waals surface area contributed by atoms with Crippen molar-refractivity contribution in [1.82, 2.24) is 15.3 Å². The summed E-state index contributed by atoms with van der Waals surface area (Å²) in [5, 5.41) is 30.6. The molecule has 5 rings (SSSR count). The van der Waals surface area contributed by atoms with Crippen molar-refractivity contribution in [3.63, 3.8) is 0 Å². The zero-order valence-electron chi connectivity index (χ0n) is 17.0. The van der Waals surface area contributed by atoms with Gasteiger partial charge in [-0.2, -0.15) is 10.3 Å². The second kappa shape index (κ2) is 8.52. The van der Waals surface area contributed by atoms with Crippen LogP contribution in [0.3, 0.4) is 0 Å². The Morgan fingerprint density at radius 1 is 1.00 bits per heavy atom. The highest BCUT2D eigenvalue weighted by Gasteiger charge is 2.32. The molecule has 2 aromatic heterocycles. The molecular weight excluding hydrogens is 408 g/mol. The van der Waals surface area contributed by atoms with Gasteiger partial charge in [0.2, 0.25) is 0 Å². The van der Waals surface area contributed by atoms with Crippen molar-refractivity contribution in [1.29, 1.82) is 0 Å². The fourth-order valence-electron chi connectivity index (χ4n) is 3.64. The third kappa shape index (κ3) is 3.91. The lowest BCUT2D eigenvalue weighted by Crippen LogP contribution is -2.20. The number of aromatic hydroxyl groups is 2. The molecule has 8 nitrogen and oxygen atoms in total. The Balaban J connectivity index is 1.38. The standard InChI is InChI=1S/C24H20N4O4/c29-22-9-3-1-7-18(22)21-13-20(16-6-5-11-25-14-16)26-28(21)31-15-17-12-24(32-27-17)19-8-2-4-10-23(19)30/h1-12,14,21,29-30H,13,15H2. The maximum atomic E-state index is 10.4. The van der Waals surface area contributed by atoms with Crippen molar-refractivity contribution >= 4 is 5.71 Å². The molecular formula is C24H20N4O4. The number of hydrogen-bond donors (Lipinski definition) is 2. The number of rotatable bonds is 6. The predicted molar refractivity (Wildman–Crippen MR) is 116 cm³/mol. The number of phenols is 2. The van der Waals surface area contributed by atoms with Gasteiger partial charge >= 0.3 is 0 Å². The molecule has 160 valence electrons. The molecule has 0 amide bonds. The molecule has 32 heavy (non-hydrogen) atoms. The third-order valence-corrected chi connectivity index (χ3v) is 5.24. The van der Waals surface area contributed by atoms with E-state index in [1.54, 1.807) is 48.8 Å². The molecule has 8 heteroatoms. The van der Waals surface area contributed by atoms with Gasteiger partial charge in [0.15, 0.2) is 5.76 Å². The van der Waals surface area contributed by atoms with Crippen LogP contribution < -0.4 is 0 Å². The van der Waals surface area contributed by atoms with Crippen LogP contribution in [-0.2, 0) is 11.4 Å². The van der Waals surface area contributed by atoms with Gasteiger partial charge in [0.05, 0.1) is 11.3 Å². The zero-order valence-corrected chi connectivity index (χ0v) is 17.0. The van der Waals surface area contributed by atoms with Gasteiger partial charge in [0.25, 0.3) is 0 Å². The molecule has 1 atom stereocenters. The summed E-state index contributed by atoms with van der Waals surface area (Å²) in [7, 11) is 0. The van der Waals surface area contributed by atoms with Gasteiger partial charge in [-0.25, -0.2) is 4.84 Å². The number of pyridine rings is 1. The summed E-state index contributed by atoms with van der Waals surface area (Å²) in [5.74, 6) is 0.734. The van der Waals surface area contributed by atoms with Crippen LogP contribution in [0.4, 0.5) is 0 Å². The smallest absolute Gasteiger partial charge is 0.170 e. The van der Waals surface area contributed by atoms with E-state index in [0.717, 1.165) is 11.3 Å². The number of para-hydroxylation sites is 2. The number of nitrogens with zero attached hydrogens (tertiary/aromatic N) is 4. The topological polar surface area (TPSA) is 104 Å². The molecule has 0 saturated carbocycles. The van der Waals surface area contributed by atoms with Crippen LogP contribution in [0.15, 0.2) is 88.7 Å². The van der Waals surface area contributed by atoms with Gasteiger partial charge in [-0.05, 0) is 24.3 Å². The molecule has 2 N–H and O–H groups in total. The van der Waals surface area contributed by atoms with Crippen LogP contribution in [0.1, 0.15) is 29.3 Å². The third-order valence-electron chi connectivity index (χ3n) is 5.24. The average Bonchev–Trinajstić information content (AvgIpc) is 3.46. The number of hydrazone groups is 1. The van der Waals surface area contributed by atoms with Crippen molar-refractivity contribution in [3.8, 4) is 22.8 Å². The molecule has 3 heterocycles. The van der Waals surface area contributed by atoms with E-state index in [0.29, 0.717) is 29.0 Å². The largest absolute Gasteiger partial charge is 0.508 e. The number of phenolic OH excluding ortho intramolecular Hbond substituents is 2. The number of hydrogen-bond acceptors (Lipinski definition) is 8. The maximum Gasteiger partial charge on any atom is 0.170 e. The number of hydroxylamine groups is 1. The molecule has 0 saturated heterocycles. The van der Waals surface area contributed by atoms with E-state index in [4.69, 9.17) is 9.36 Å². The van der Waals surface area contributed by atoms with Crippen LogP contribution in [0, 0.1) is 0 Å². The number of aromatic nitrogens is 2. The quantitative estimate of drug-likeness (QED) is 0.468. The summed E-state index contributed by atoms with van der Waals surface area (Å²) in [4.78, 5) is 10.1. The Kier molecular flexibility index (Phi) is 5.27. The van der Waals surface area contributed by atoms with E-state index in [1.165, 1.54) is 5.17 Å². The maximum absolute atomic E-state index is 10.4. The highest BCUT2D eigenvalue weighted by Crippen LogP contribution is 2.37. The summed E-state index contributed by atoms with van der Waals surface area (Å²) in [6.07, 6.45) is 4.01. The van der Waals surface area contributed by atoms with E-state index in [9.17, 15) is 10.2 Å². The normalized spacial score (nSPS) is 15.7. The van der Waals surface area contributed by atoms with E-state index >= 15 is 0 Å². The second-order valence-corrected chi connectivity index (χ2v) is 7.34. The molecule has 0 aliphatic carbocycles. The minimum atomic E-state index is -0.309. The average molecular weight is 428 g/mol. The van der Waals surface area contributed by atoms with Gasteiger partial charge in [0, 0.05) is 36.0 Å². The Morgan fingerprint density at radius 3 is 2.59 bits per heavy atom. The van der Waals surface area contributed by atoms with E-state index in [2.05, 4.69) is 15.2 Å². The number of benzene rings is 2. The van der Waals surface area contributed by atoms with Gasteiger partial charge in [0.1, 0.15) is 29.8 Å². The first-order chi connectivity index (χ1) is 15.7. The van der Waals surface area contributed by atoms with Crippen molar-refractivity contribution in [2.45, 2.75) is 19.1 Å². The van der Waals surface area contributed by atoms with E-state index < -0.39 is 0 Å². The van der Waals surface area contributed by atoms with Crippen LogP contribution in [0.2, 0.25) is 0 Å². The summed E-state index contributed by atoms with van der Waals surface area (Å²) < 4.78 is 5.38. The summed E-state index contributed by atoms with van der Waals surface area (Å²) in [6.45, 7) is 0.102. The van der Waals surface area contributed by atoms with Gasteiger partial charge in [-0.3, -0.25) is 4.98 Å². The summed E-state index contributed by atoms with van der Waals surface area (Å²) >= 11 is 0. The van der Waals surface area contributed by atoms with Crippen LogP contribution in [-0.4, -0.2) is 31.2 Å². The van der Waals surface area contributed by atoms with Crippen molar-refractivity contribution in [3.05, 3.63) is 95.9 Å². The molecule has 1 aliphatic heterocycles. The Labute approximate surface area is 184 Å². The first-order valence-corrected chi connectivity index (χ1v) is 10.1. The van der Waals surface area contributed by atoms with Gasteiger partial charge in [-0.1, -0.05) is 41.6 Å². The molecule has 2 aromatic carbocycles. The van der Waals surface area contributed by atoms with E-state index in [1.807, 2.05) is 30.3 Å². The Morgan fingerprint density at radius 2 is 1.81 bits per heavy atom. The summed E-state index contributed by atoms with van der Waals surface area (Å²) in [5.41, 5.74) is 3.51. The van der Waals surface area contributed by atoms with Crippen LogP contribution in [0.25, 0.3) is 11.3 Å². The minimum absolute atomic E-state index is 0.102. The van der Waals surface area contributed by atoms with Crippen LogP contribution >= 0.6 is 0 Å². The minimum Gasteiger partial charge on any atom is -0.508 e. The second-order valence-electron chi connectivity index (χ2n) is 7.34. The highest BCUT2D eigenvalue weighted by atomic mass is 16.7. The molecule has 0 bridgehead atoms. The zero-order chi connectivity index (χ0) is 21.9. The van der Waals surface area contributed by atoms with Crippen molar-refractivity contribution in [2.24, 2.45) is 5.10 Å². The molecule has 0 radical (unpaired) electrons. The van der Waals surface area contributed by atoms with E-state index in [-0.39, 0.29) is 24.1 Å². The highest BCUT2D eigenvalue weighted by molar-refractivity contribution is 6.01. The van der Waals surface area contributed by atoms with Crippen molar-refractivity contribution in [2.75, 3.05) is 0 Å². The first-order valence-electron chi connectivity index (χ1n) is 10.1.